The molecule has 1 unspecified atom stereocenters. The number of rotatable bonds is 3. The maximum atomic E-state index is 12.4. The molecule has 1 amide bonds. The second-order valence-electron chi connectivity index (χ2n) is 4.56. The van der Waals surface area contributed by atoms with Crippen LogP contribution in [0.2, 0.25) is 5.02 Å². The van der Waals surface area contributed by atoms with Crippen LogP contribution in [-0.2, 0) is 14.8 Å². The molecule has 1 aliphatic rings. The number of piperidine rings is 1. The number of nitrogens with two attached hydrogens (primary N) is 1. The summed E-state index contributed by atoms with van der Waals surface area (Å²) in [5, 5.41) is 0.365. The minimum absolute atomic E-state index is 0.143. The van der Waals surface area contributed by atoms with Crippen molar-refractivity contribution < 1.29 is 13.2 Å². The number of amides is 1. The lowest BCUT2D eigenvalue weighted by Crippen LogP contribution is -2.44. The molecular formula is C12H15ClN2O3S. The number of carbonyl (C=O) groups excluding carboxylic acids is 1. The van der Waals surface area contributed by atoms with Crippen LogP contribution in [-0.4, -0.2) is 31.7 Å². The van der Waals surface area contributed by atoms with Crippen molar-refractivity contribution in [1.82, 2.24) is 4.31 Å². The number of primary amides is 1. The highest BCUT2D eigenvalue weighted by Gasteiger charge is 2.32. The largest absolute Gasteiger partial charge is 0.369 e. The number of hydrogen-bond acceptors (Lipinski definition) is 3. The highest BCUT2D eigenvalue weighted by Crippen LogP contribution is 2.25. The summed E-state index contributed by atoms with van der Waals surface area (Å²) in [5.41, 5.74) is 5.25. The van der Waals surface area contributed by atoms with Crippen LogP contribution in [0.4, 0.5) is 0 Å². The molecule has 1 atom stereocenters. The maximum absolute atomic E-state index is 12.4. The molecule has 1 aliphatic heterocycles. The Morgan fingerprint density at radius 2 is 2.16 bits per heavy atom. The van der Waals surface area contributed by atoms with Gasteiger partial charge in [0.15, 0.2) is 0 Å². The van der Waals surface area contributed by atoms with Crippen LogP contribution < -0.4 is 5.73 Å². The molecule has 1 saturated heterocycles. The Kier molecular flexibility index (Phi) is 4.13. The summed E-state index contributed by atoms with van der Waals surface area (Å²) < 4.78 is 26.1. The highest BCUT2D eigenvalue weighted by molar-refractivity contribution is 7.89. The second kappa shape index (κ2) is 5.48. The summed E-state index contributed by atoms with van der Waals surface area (Å²) in [6.07, 6.45) is 1.27. The zero-order chi connectivity index (χ0) is 14.0. The molecule has 2 rings (SSSR count). The van der Waals surface area contributed by atoms with E-state index in [0.717, 1.165) is 0 Å². The van der Waals surface area contributed by atoms with E-state index in [1.54, 1.807) is 12.1 Å². The maximum Gasteiger partial charge on any atom is 0.243 e. The van der Waals surface area contributed by atoms with Gasteiger partial charge in [-0.15, -0.1) is 0 Å². The van der Waals surface area contributed by atoms with E-state index in [1.807, 2.05) is 0 Å². The Morgan fingerprint density at radius 3 is 2.79 bits per heavy atom. The first-order valence-corrected chi connectivity index (χ1v) is 7.78. The van der Waals surface area contributed by atoms with Crippen LogP contribution in [0.5, 0.6) is 0 Å². The molecule has 0 bridgehead atoms. The van der Waals surface area contributed by atoms with Gasteiger partial charge in [-0.3, -0.25) is 4.79 Å². The third kappa shape index (κ3) is 3.08. The van der Waals surface area contributed by atoms with Crippen molar-refractivity contribution in [1.29, 1.82) is 0 Å². The Balaban J connectivity index is 2.27. The predicted octanol–water partition coefficient (Wildman–Crippen LogP) is 1.23. The molecular weight excluding hydrogens is 288 g/mol. The van der Waals surface area contributed by atoms with Crippen molar-refractivity contribution in [3.8, 4) is 0 Å². The highest BCUT2D eigenvalue weighted by atomic mass is 35.5. The topological polar surface area (TPSA) is 80.5 Å². The molecule has 0 aliphatic carbocycles. The smallest absolute Gasteiger partial charge is 0.243 e. The molecule has 1 fully saturated rings. The number of carbonyl (C=O) groups is 1. The lowest BCUT2D eigenvalue weighted by Gasteiger charge is -2.30. The fourth-order valence-electron chi connectivity index (χ4n) is 2.17. The van der Waals surface area contributed by atoms with E-state index in [2.05, 4.69) is 0 Å². The number of hydrogen-bond donors (Lipinski definition) is 1. The van der Waals surface area contributed by atoms with Gasteiger partial charge >= 0.3 is 0 Å². The molecule has 1 aromatic rings. The van der Waals surface area contributed by atoms with Gasteiger partial charge in [0.05, 0.1) is 10.8 Å². The van der Waals surface area contributed by atoms with Crippen molar-refractivity contribution in [3.63, 3.8) is 0 Å². The van der Waals surface area contributed by atoms with Gasteiger partial charge in [-0.25, -0.2) is 8.42 Å². The van der Waals surface area contributed by atoms with E-state index in [9.17, 15) is 13.2 Å². The average molecular weight is 303 g/mol. The Morgan fingerprint density at radius 1 is 1.42 bits per heavy atom. The van der Waals surface area contributed by atoms with E-state index < -0.39 is 21.8 Å². The van der Waals surface area contributed by atoms with Gasteiger partial charge < -0.3 is 5.73 Å². The Bertz CT molecular complexity index is 588. The third-order valence-electron chi connectivity index (χ3n) is 3.22. The molecule has 104 valence electrons. The van der Waals surface area contributed by atoms with E-state index in [0.29, 0.717) is 24.4 Å². The molecule has 7 heteroatoms. The molecule has 0 radical (unpaired) electrons. The molecule has 0 saturated carbocycles. The summed E-state index contributed by atoms with van der Waals surface area (Å²) in [5.74, 6) is -0.867. The standard InChI is InChI=1S/C12H15ClN2O3S/c13-10-4-1-5-11(7-10)19(17,18)15-6-2-3-9(8-15)12(14)16/h1,4-5,7,9H,2-3,6,8H2,(H2,14,16). The van der Waals surface area contributed by atoms with Crippen molar-refractivity contribution in [3.05, 3.63) is 29.3 Å². The van der Waals surface area contributed by atoms with Crippen LogP contribution >= 0.6 is 11.6 Å². The molecule has 1 aromatic carbocycles. The molecule has 0 aromatic heterocycles. The molecule has 5 nitrogen and oxygen atoms in total. The van der Waals surface area contributed by atoms with Gasteiger partial charge in [0, 0.05) is 18.1 Å². The lowest BCUT2D eigenvalue weighted by atomic mass is 9.99. The van der Waals surface area contributed by atoms with E-state index in [1.165, 1.54) is 16.4 Å². The van der Waals surface area contributed by atoms with Crippen LogP contribution in [0.1, 0.15) is 12.8 Å². The zero-order valence-corrected chi connectivity index (χ0v) is 11.8. The Labute approximate surface area is 117 Å². The number of halogens is 1. The molecule has 19 heavy (non-hydrogen) atoms. The van der Waals surface area contributed by atoms with Crippen molar-refractivity contribution in [2.45, 2.75) is 17.7 Å². The van der Waals surface area contributed by atoms with E-state index in [-0.39, 0.29) is 11.4 Å². The number of nitrogens with zero attached hydrogens (tertiary/aromatic N) is 1. The monoisotopic (exact) mass is 302 g/mol. The van der Waals surface area contributed by atoms with Crippen LogP contribution in [0.25, 0.3) is 0 Å². The van der Waals surface area contributed by atoms with Crippen LogP contribution in [0.15, 0.2) is 29.2 Å². The van der Waals surface area contributed by atoms with Crippen LogP contribution in [0.3, 0.4) is 0 Å². The van der Waals surface area contributed by atoms with Crippen molar-refractivity contribution in [2.24, 2.45) is 11.7 Å². The van der Waals surface area contributed by atoms with Crippen molar-refractivity contribution in [2.75, 3.05) is 13.1 Å². The first-order chi connectivity index (χ1) is 8.91. The average Bonchev–Trinajstić information content (AvgIpc) is 2.39. The summed E-state index contributed by atoms with van der Waals surface area (Å²) >= 11 is 5.81. The summed E-state index contributed by atoms with van der Waals surface area (Å²) in [6.45, 7) is 0.544. The van der Waals surface area contributed by atoms with Gasteiger partial charge in [0.2, 0.25) is 15.9 Å². The zero-order valence-electron chi connectivity index (χ0n) is 10.3. The SMILES string of the molecule is NC(=O)C1CCCN(S(=O)(=O)c2cccc(Cl)c2)C1. The molecule has 2 N–H and O–H groups in total. The predicted molar refractivity (Wildman–Crippen MR) is 72.1 cm³/mol. The quantitative estimate of drug-likeness (QED) is 0.912. The van der Waals surface area contributed by atoms with Gasteiger partial charge in [0.25, 0.3) is 0 Å². The summed E-state index contributed by atoms with van der Waals surface area (Å²) in [7, 11) is -3.61. The minimum Gasteiger partial charge on any atom is -0.369 e. The van der Waals surface area contributed by atoms with E-state index in [4.69, 9.17) is 17.3 Å². The first kappa shape index (κ1) is 14.3. The van der Waals surface area contributed by atoms with Gasteiger partial charge in [-0.05, 0) is 31.0 Å². The third-order valence-corrected chi connectivity index (χ3v) is 5.32. The Hall–Kier alpha value is -1.11. The fourth-order valence-corrected chi connectivity index (χ4v) is 3.99. The number of benzene rings is 1. The first-order valence-electron chi connectivity index (χ1n) is 5.96. The van der Waals surface area contributed by atoms with Crippen LogP contribution in [0, 0.1) is 5.92 Å². The lowest BCUT2D eigenvalue weighted by molar-refractivity contribution is -0.122. The summed E-state index contributed by atoms with van der Waals surface area (Å²) in [4.78, 5) is 11.3. The van der Waals surface area contributed by atoms with Gasteiger partial charge in [-0.2, -0.15) is 4.31 Å². The van der Waals surface area contributed by atoms with E-state index >= 15 is 0 Å². The molecule has 0 spiro atoms. The second-order valence-corrected chi connectivity index (χ2v) is 6.94. The fraction of sp³-hybridized carbons (Fsp3) is 0.417. The minimum atomic E-state index is -3.61. The normalized spacial score (nSPS) is 21.2. The number of sulfonamides is 1. The van der Waals surface area contributed by atoms with Gasteiger partial charge in [0.1, 0.15) is 0 Å². The van der Waals surface area contributed by atoms with Crippen molar-refractivity contribution >= 4 is 27.5 Å². The molecule has 1 heterocycles. The summed E-state index contributed by atoms with van der Waals surface area (Å²) in [6, 6.07) is 6.10. The van der Waals surface area contributed by atoms with Gasteiger partial charge in [-0.1, -0.05) is 17.7 Å².